The molecular formula is C28H39N3O2. The number of rotatable bonds is 15. The number of aryl methyl sites for hydroxylation is 2. The number of hydrogen-bond acceptors (Lipinski definition) is 3. The number of hydrogen-bond donors (Lipinski definition) is 1. The van der Waals surface area contributed by atoms with Crippen LogP contribution in [-0.4, -0.2) is 29.1 Å². The Bertz CT molecular complexity index is 978. The SMILES string of the molecule is CCCCCCCn1c(CCCCCNC(=O)Cc2ccc(OC)cc2)nc2ccccc21. The van der Waals surface area contributed by atoms with Crippen LogP contribution in [0.25, 0.3) is 11.0 Å². The van der Waals surface area contributed by atoms with E-state index in [2.05, 4.69) is 41.1 Å². The van der Waals surface area contributed by atoms with Crippen LogP contribution in [0.5, 0.6) is 5.75 Å². The number of fused-ring (bicyclic) bond motifs is 1. The van der Waals surface area contributed by atoms with Crippen molar-refractivity contribution in [2.45, 2.75) is 77.7 Å². The number of nitrogens with one attached hydrogen (secondary N) is 1. The lowest BCUT2D eigenvalue weighted by atomic mass is 10.1. The van der Waals surface area contributed by atoms with Gasteiger partial charge in [-0.05, 0) is 49.1 Å². The molecule has 1 N–H and O–H groups in total. The molecule has 33 heavy (non-hydrogen) atoms. The lowest BCUT2D eigenvalue weighted by molar-refractivity contribution is -0.120. The van der Waals surface area contributed by atoms with Crippen LogP contribution in [0.15, 0.2) is 48.5 Å². The zero-order valence-electron chi connectivity index (χ0n) is 20.3. The highest BCUT2D eigenvalue weighted by Gasteiger charge is 2.10. The molecule has 1 amide bonds. The van der Waals surface area contributed by atoms with Gasteiger partial charge in [0.2, 0.25) is 5.91 Å². The molecule has 1 heterocycles. The summed E-state index contributed by atoms with van der Waals surface area (Å²) in [5.41, 5.74) is 3.36. The van der Waals surface area contributed by atoms with E-state index in [1.165, 1.54) is 43.4 Å². The van der Waals surface area contributed by atoms with Gasteiger partial charge < -0.3 is 14.6 Å². The topological polar surface area (TPSA) is 56.2 Å². The van der Waals surface area contributed by atoms with E-state index in [0.717, 1.165) is 55.6 Å². The lowest BCUT2D eigenvalue weighted by Gasteiger charge is -2.10. The Balaban J connectivity index is 1.39. The first-order valence-corrected chi connectivity index (χ1v) is 12.5. The average Bonchev–Trinajstić information content (AvgIpc) is 3.19. The summed E-state index contributed by atoms with van der Waals surface area (Å²) < 4.78 is 7.59. The maximum absolute atomic E-state index is 12.2. The maximum Gasteiger partial charge on any atom is 0.224 e. The van der Waals surface area contributed by atoms with Crippen molar-refractivity contribution in [3.05, 3.63) is 59.9 Å². The van der Waals surface area contributed by atoms with Gasteiger partial charge in [0.05, 0.1) is 24.6 Å². The Morgan fingerprint density at radius 2 is 1.70 bits per heavy atom. The molecule has 0 saturated heterocycles. The van der Waals surface area contributed by atoms with Crippen molar-refractivity contribution < 1.29 is 9.53 Å². The van der Waals surface area contributed by atoms with Crippen molar-refractivity contribution in [1.82, 2.24) is 14.9 Å². The molecule has 0 unspecified atom stereocenters. The summed E-state index contributed by atoms with van der Waals surface area (Å²) in [4.78, 5) is 17.1. The van der Waals surface area contributed by atoms with E-state index in [0.29, 0.717) is 6.42 Å². The van der Waals surface area contributed by atoms with Crippen LogP contribution >= 0.6 is 0 Å². The zero-order chi connectivity index (χ0) is 23.3. The number of unbranched alkanes of at least 4 members (excludes halogenated alkanes) is 6. The Kier molecular flexibility index (Phi) is 10.3. The molecule has 0 atom stereocenters. The Hall–Kier alpha value is -2.82. The van der Waals surface area contributed by atoms with Crippen LogP contribution in [0.3, 0.4) is 0 Å². The normalized spacial score (nSPS) is 11.1. The summed E-state index contributed by atoms with van der Waals surface area (Å²) in [6.07, 6.45) is 11.0. The molecule has 0 radical (unpaired) electrons. The van der Waals surface area contributed by atoms with Gasteiger partial charge in [0.25, 0.3) is 0 Å². The molecule has 0 aliphatic heterocycles. The predicted octanol–water partition coefficient (Wildman–Crippen LogP) is 6.09. The Morgan fingerprint density at radius 3 is 2.48 bits per heavy atom. The standard InChI is InChI=1S/C28H39N3O2/c1-3-4-5-6-12-21-31-26-14-10-9-13-25(26)30-27(31)15-8-7-11-20-29-28(32)22-23-16-18-24(33-2)19-17-23/h9-10,13-14,16-19H,3-8,11-12,15,20-22H2,1-2H3,(H,29,32). The molecule has 5 heteroatoms. The minimum atomic E-state index is 0.0741. The van der Waals surface area contributed by atoms with Gasteiger partial charge in [-0.1, -0.05) is 63.3 Å². The van der Waals surface area contributed by atoms with E-state index in [4.69, 9.17) is 9.72 Å². The smallest absolute Gasteiger partial charge is 0.224 e. The van der Waals surface area contributed by atoms with Gasteiger partial charge in [-0.25, -0.2) is 4.98 Å². The molecule has 0 bridgehead atoms. The third-order valence-corrected chi connectivity index (χ3v) is 6.14. The average molecular weight is 450 g/mol. The monoisotopic (exact) mass is 449 g/mol. The number of methoxy groups -OCH3 is 1. The lowest BCUT2D eigenvalue weighted by Crippen LogP contribution is -2.26. The van der Waals surface area contributed by atoms with Crippen molar-refractivity contribution in [1.29, 1.82) is 0 Å². The molecule has 5 nitrogen and oxygen atoms in total. The fraction of sp³-hybridized carbons (Fsp3) is 0.500. The minimum Gasteiger partial charge on any atom is -0.497 e. The first kappa shape index (κ1) is 24.8. The summed E-state index contributed by atoms with van der Waals surface area (Å²) in [6.45, 7) is 4.04. The molecule has 178 valence electrons. The summed E-state index contributed by atoms with van der Waals surface area (Å²) in [5, 5.41) is 3.04. The number of aromatic nitrogens is 2. The van der Waals surface area contributed by atoms with Gasteiger partial charge in [0.15, 0.2) is 0 Å². The van der Waals surface area contributed by atoms with Crippen molar-refractivity contribution in [3.63, 3.8) is 0 Å². The predicted molar refractivity (Wildman–Crippen MR) is 136 cm³/mol. The second-order valence-corrected chi connectivity index (χ2v) is 8.77. The van der Waals surface area contributed by atoms with E-state index < -0.39 is 0 Å². The number of carbonyl (C=O) groups excluding carboxylic acids is 1. The Labute approximate surface area is 198 Å². The number of amides is 1. The largest absolute Gasteiger partial charge is 0.497 e. The van der Waals surface area contributed by atoms with Gasteiger partial charge in [0.1, 0.15) is 11.6 Å². The zero-order valence-corrected chi connectivity index (χ0v) is 20.3. The van der Waals surface area contributed by atoms with Crippen LogP contribution in [-0.2, 0) is 24.2 Å². The summed E-state index contributed by atoms with van der Waals surface area (Å²) >= 11 is 0. The van der Waals surface area contributed by atoms with E-state index in [9.17, 15) is 4.79 Å². The molecule has 2 aromatic carbocycles. The Morgan fingerprint density at radius 1 is 0.939 bits per heavy atom. The third kappa shape index (κ3) is 7.92. The minimum absolute atomic E-state index is 0.0741. The maximum atomic E-state index is 12.2. The van der Waals surface area contributed by atoms with Crippen LogP contribution in [0.4, 0.5) is 0 Å². The van der Waals surface area contributed by atoms with Gasteiger partial charge in [0, 0.05) is 19.5 Å². The fourth-order valence-corrected chi connectivity index (χ4v) is 4.24. The van der Waals surface area contributed by atoms with E-state index in [1.54, 1.807) is 7.11 Å². The summed E-state index contributed by atoms with van der Waals surface area (Å²) in [6, 6.07) is 16.1. The van der Waals surface area contributed by atoms with Crippen LogP contribution < -0.4 is 10.1 Å². The first-order chi connectivity index (χ1) is 16.2. The van der Waals surface area contributed by atoms with Gasteiger partial charge in [-0.3, -0.25) is 4.79 Å². The van der Waals surface area contributed by atoms with Crippen LogP contribution in [0.2, 0.25) is 0 Å². The molecule has 3 aromatic rings. The fourth-order valence-electron chi connectivity index (χ4n) is 4.24. The first-order valence-electron chi connectivity index (χ1n) is 12.5. The number of imidazole rings is 1. The second-order valence-electron chi connectivity index (χ2n) is 8.77. The van der Waals surface area contributed by atoms with E-state index in [-0.39, 0.29) is 5.91 Å². The van der Waals surface area contributed by atoms with Gasteiger partial charge >= 0.3 is 0 Å². The van der Waals surface area contributed by atoms with Crippen molar-refractivity contribution >= 4 is 16.9 Å². The van der Waals surface area contributed by atoms with E-state index in [1.807, 2.05) is 24.3 Å². The molecule has 0 fully saturated rings. The summed E-state index contributed by atoms with van der Waals surface area (Å²) in [7, 11) is 1.64. The highest BCUT2D eigenvalue weighted by atomic mass is 16.5. The van der Waals surface area contributed by atoms with Crippen molar-refractivity contribution in [3.8, 4) is 5.75 Å². The molecular weight excluding hydrogens is 410 g/mol. The molecule has 0 aliphatic carbocycles. The number of carbonyl (C=O) groups is 1. The van der Waals surface area contributed by atoms with Crippen LogP contribution in [0.1, 0.15) is 69.7 Å². The second kappa shape index (κ2) is 13.7. The number of para-hydroxylation sites is 2. The van der Waals surface area contributed by atoms with Crippen molar-refractivity contribution in [2.75, 3.05) is 13.7 Å². The van der Waals surface area contributed by atoms with Gasteiger partial charge in [-0.2, -0.15) is 0 Å². The van der Waals surface area contributed by atoms with E-state index >= 15 is 0 Å². The number of nitrogens with zero attached hydrogens (tertiary/aromatic N) is 2. The van der Waals surface area contributed by atoms with Gasteiger partial charge in [-0.15, -0.1) is 0 Å². The number of benzene rings is 2. The quantitative estimate of drug-likeness (QED) is 0.286. The number of ether oxygens (including phenoxy) is 1. The highest BCUT2D eigenvalue weighted by Crippen LogP contribution is 2.19. The molecule has 3 rings (SSSR count). The molecule has 0 aliphatic rings. The van der Waals surface area contributed by atoms with Crippen LogP contribution in [0, 0.1) is 0 Å². The van der Waals surface area contributed by atoms with Crippen molar-refractivity contribution in [2.24, 2.45) is 0 Å². The molecule has 1 aromatic heterocycles. The molecule has 0 saturated carbocycles. The third-order valence-electron chi connectivity index (χ3n) is 6.14. The summed E-state index contributed by atoms with van der Waals surface area (Å²) in [5.74, 6) is 2.09. The molecule has 0 spiro atoms. The highest BCUT2D eigenvalue weighted by molar-refractivity contribution is 5.78.